The van der Waals surface area contributed by atoms with Crippen molar-refractivity contribution < 1.29 is 4.79 Å². The van der Waals surface area contributed by atoms with Crippen LogP contribution in [0.5, 0.6) is 0 Å². The highest BCUT2D eigenvalue weighted by atomic mass is 79.9. The van der Waals surface area contributed by atoms with Gasteiger partial charge in [0.2, 0.25) is 5.91 Å². The van der Waals surface area contributed by atoms with E-state index in [0.29, 0.717) is 13.0 Å². The molecule has 1 aromatic carbocycles. The Morgan fingerprint density at radius 2 is 2.24 bits per heavy atom. The van der Waals surface area contributed by atoms with Gasteiger partial charge in [-0.25, -0.2) is 0 Å². The van der Waals surface area contributed by atoms with Crippen LogP contribution in [-0.2, 0) is 4.79 Å². The normalized spacial score (nSPS) is 16.3. The van der Waals surface area contributed by atoms with Crippen molar-refractivity contribution in [1.82, 2.24) is 5.32 Å². The molecule has 1 aliphatic rings. The van der Waals surface area contributed by atoms with Crippen LogP contribution in [-0.4, -0.2) is 25.5 Å². The summed E-state index contributed by atoms with van der Waals surface area (Å²) in [5.41, 5.74) is 2.82. The first kappa shape index (κ1) is 15.8. The van der Waals surface area contributed by atoms with Crippen molar-refractivity contribution in [3.8, 4) is 6.07 Å². The second kappa shape index (κ2) is 6.92. The molecule has 1 heterocycles. The zero-order valence-electron chi connectivity index (χ0n) is 12.2. The lowest BCUT2D eigenvalue weighted by molar-refractivity contribution is -0.117. The summed E-state index contributed by atoms with van der Waals surface area (Å²) in [6.45, 7) is 6.26. The number of nitrogens with one attached hydrogen (secondary N) is 2. The summed E-state index contributed by atoms with van der Waals surface area (Å²) < 4.78 is 0.945. The second-order valence-corrected chi connectivity index (χ2v) is 5.71. The molecule has 1 aliphatic heterocycles. The standard InChI is InChI=1S/C15H19BrN4O/c1-3-18-14-10-8-11(16)13(9-12(10)19-15(14)21)20(4-2)7-5-6-17/h8-9,14,18H,3-5,7H2,1-2H3,(H,19,21). The van der Waals surface area contributed by atoms with E-state index in [1.807, 2.05) is 19.1 Å². The van der Waals surface area contributed by atoms with Gasteiger partial charge in [0, 0.05) is 28.8 Å². The number of amides is 1. The van der Waals surface area contributed by atoms with Crippen LogP contribution in [0.1, 0.15) is 31.9 Å². The number of likely N-dealkylation sites (N-methyl/N-ethyl adjacent to an activating group) is 1. The maximum atomic E-state index is 12.0. The van der Waals surface area contributed by atoms with Crippen LogP contribution < -0.4 is 15.5 Å². The Labute approximate surface area is 133 Å². The van der Waals surface area contributed by atoms with Crippen molar-refractivity contribution in [2.24, 2.45) is 0 Å². The van der Waals surface area contributed by atoms with Crippen molar-refractivity contribution in [1.29, 1.82) is 5.26 Å². The molecular formula is C15H19BrN4O. The Kier molecular flexibility index (Phi) is 5.21. The number of rotatable bonds is 6. The maximum Gasteiger partial charge on any atom is 0.246 e. The number of halogens is 1. The summed E-state index contributed by atoms with van der Waals surface area (Å²) >= 11 is 3.59. The van der Waals surface area contributed by atoms with Crippen LogP contribution in [0.2, 0.25) is 0 Å². The minimum absolute atomic E-state index is 0.0176. The average Bonchev–Trinajstić information content (AvgIpc) is 2.76. The Morgan fingerprint density at radius 1 is 1.48 bits per heavy atom. The lowest BCUT2D eigenvalue weighted by atomic mass is 10.1. The van der Waals surface area contributed by atoms with Gasteiger partial charge in [-0.2, -0.15) is 5.26 Å². The molecule has 112 valence electrons. The first-order valence-corrected chi connectivity index (χ1v) is 7.91. The van der Waals surface area contributed by atoms with E-state index < -0.39 is 0 Å². The predicted octanol–water partition coefficient (Wildman–Crippen LogP) is 2.79. The highest BCUT2D eigenvalue weighted by molar-refractivity contribution is 9.10. The number of benzene rings is 1. The zero-order valence-corrected chi connectivity index (χ0v) is 13.8. The van der Waals surface area contributed by atoms with Crippen LogP contribution in [0, 0.1) is 11.3 Å². The van der Waals surface area contributed by atoms with Crippen molar-refractivity contribution in [2.45, 2.75) is 26.3 Å². The van der Waals surface area contributed by atoms with E-state index in [9.17, 15) is 4.79 Å². The predicted molar refractivity (Wildman–Crippen MR) is 87.3 cm³/mol. The van der Waals surface area contributed by atoms with Gasteiger partial charge in [0.05, 0.1) is 18.2 Å². The van der Waals surface area contributed by atoms with Crippen molar-refractivity contribution in [3.63, 3.8) is 0 Å². The molecular weight excluding hydrogens is 332 g/mol. The summed E-state index contributed by atoms with van der Waals surface area (Å²) in [4.78, 5) is 14.1. The van der Waals surface area contributed by atoms with Crippen LogP contribution in [0.3, 0.4) is 0 Å². The van der Waals surface area contributed by atoms with Gasteiger partial charge < -0.3 is 15.5 Å². The minimum Gasteiger partial charge on any atom is -0.370 e. The first-order valence-electron chi connectivity index (χ1n) is 7.11. The van der Waals surface area contributed by atoms with E-state index in [1.54, 1.807) is 0 Å². The second-order valence-electron chi connectivity index (χ2n) is 4.86. The topological polar surface area (TPSA) is 68.2 Å². The fraction of sp³-hybridized carbons (Fsp3) is 0.467. The third-order valence-corrected chi connectivity index (χ3v) is 4.21. The van der Waals surface area contributed by atoms with Gasteiger partial charge in [-0.05, 0) is 41.5 Å². The van der Waals surface area contributed by atoms with Crippen LogP contribution in [0.15, 0.2) is 16.6 Å². The molecule has 0 bridgehead atoms. The quantitative estimate of drug-likeness (QED) is 0.827. The third kappa shape index (κ3) is 3.20. The van der Waals surface area contributed by atoms with E-state index in [1.165, 1.54) is 0 Å². The van der Waals surface area contributed by atoms with Gasteiger partial charge in [-0.3, -0.25) is 4.79 Å². The summed E-state index contributed by atoms with van der Waals surface area (Å²) in [5.74, 6) is -0.0176. The fourth-order valence-electron chi connectivity index (χ4n) is 2.55. The number of fused-ring (bicyclic) bond motifs is 1. The lowest BCUT2D eigenvalue weighted by Gasteiger charge is -2.24. The van der Waals surface area contributed by atoms with Crippen LogP contribution in [0.4, 0.5) is 11.4 Å². The molecule has 1 atom stereocenters. The Bertz CT molecular complexity index is 582. The number of hydrogen-bond acceptors (Lipinski definition) is 4. The number of nitriles is 1. The van der Waals surface area contributed by atoms with Gasteiger partial charge in [0.25, 0.3) is 0 Å². The van der Waals surface area contributed by atoms with E-state index in [-0.39, 0.29) is 11.9 Å². The molecule has 0 aromatic heterocycles. The maximum absolute atomic E-state index is 12.0. The SMILES string of the molecule is CCNC1C(=O)Nc2cc(N(CC)CCC#N)c(Br)cc21. The highest BCUT2D eigenvalue weighted by Gasteiger charge is 2.31. The number of hydrogen-bond donors (Lipinski definition) is 2. The molecule has 5 nitrogen and oxygen atoms in total. The van der Waals surface area contributed by atoms with Crippen molar-refractivity contribution in [2.75, 3.05) is 29.9 Å². The summed E-state index contributed by atoms with van der Waals surface area (Å²) in [7, 11) is 0. The Hall–Kier alpha value is -1.58. The molecule has 1 amide bonds. The molecule has 21 heavy (non-hydrogen) atoms. The van der Waals surface area contributed by atoms with Gasteiger partial charge >= 0.3 is 0 Å². The van der Waals surface area contributed by atoms with E-state index in [0.717, 1.165) is 34.5 Å². The smallest absolute Gasteiger partial charge is 0.246 e. The molecule has 0 saturated heterocycles. The number of carbonyl (C=O) groups excluding carboxylic acids is 1. The molecule has 0 aliphatic carbocycles. The summed E-state index contributed by atoms with van der Waals surface area (Å²) in [6, 6.07) is 5.85. The first-order chi connectivity index (χ1) is 10.1. The summed E-state index contributed by atoms with van der Waals surface area (Å²) in [6.07, 6.45) is 0.476. The molecule has 0 spiro atoms. The Morgan fingerprint density at radius 3 is 2.86 bits per heavy atom. The number of anilines is 2. The van der Waals surface area contributed by atoms with Crippen LogP contribution in [0.25, 0.3) is 0 Å². The van der Waals surface area contributed by atoms with E-state index >= 15 is 0 Å². The minimum atomic E-state index is -0.287. The fourth-order valence-corrected chi connectivity index (χ4v) is 3.17. The molecule has 1 unspecified atom stereocenters. The van der Waals surface area contributed by atoms with E-state index in [2.05, 4.69) is 44.5 Å². The van der Waals surface area contributed by atoms with Gasteiger partial charge in [-0.15, -0.1) is 0 Å². The lowest BCUT2D eigenvalue weighted by Crippen LogP contribution is -2.27. The van der Waals surface area contributed by atoms with Crippen molar-refractivity contribution >= 4 is 33.2 Å². The van der Waals surface area contributed by atoms with Gasteiger partial charge in [-0.1, -0.05) is 6.92 Å². The average molecular weight is 351 g/mol. The van der Waals surface area contributed by atoms with Crippen LogP contribution >= 0.6 is 15.9 Å². The molecule has 1 aromatic rings. The highest BCUT2D eigenvalue weighted by Crippen LogP contribution is 2.39. The number of carbonyl (C=O) groups is 1. The molecule has 2 rings (SSSR count). The van der Waals surface area contributed by atoms with Gasteiger partial charge in [0.15, 0.2) is 0 Å². The number of nitrogens with zero attached hydrogens (tertiary/aromatic N) is 2. The molecule has 0 fully saturated rings. The Balaban J connectivity index is 2.34. The molecule has 0 saturated carbocycles. The van der Waals surface area contributed by atoms with Crippen molar-refractivity contribution in [3.05, 3.63) is 22.2 Å². The molecule has 6 heteroatoms. The molecule has 2 N–H and O–H groups in total. The monoisotopic (exact) mass is 350 g/mol. The van der Waals surface area contributed by atoms with E-state index in [4.69, 9.17) is 5.26 Å². The third-order valence-electron chi connectivity index (χ3n) is 3.57. The molecule has 0 radical (unpaired) electrons. The van der Waals surface area contributed by atoms with Gasteiger partial charge in [0.1, 0.15) is 6.04 Å². The summed E-state index contributed by atoms with van der Waals surface area (Å²) in [5, 5.41) is 14.9. The largest absolute Gasteiger partial charge is 0.370 e. The zero-order chi connectivity index (χ0) is 15.4.